The van der Waals surface area contributed by atoms with Gasteiger partial charge in [0.25, 0.3) is 5.91 Å². The van der Waals surface area contributed by atoms with Crippen LogP contribution in [0.4, 0.5) is 0 Å². The smallest absolute Gasteiger partial charge is 0.271 e. The number of benzene rings is 3. The zero-order chi connectivity index (χ0) is 22.8. The molecule has 6 nitrogen and oxygen atoms in total. The van der Waals surface area contributed by atoms with E-state index in [4.69, 9.17) is 25.8 Å². The molecule has 166 valence electrons. The molecule has 1 amide bonds. The van der Waals surface area contributed by atoms with Crippen LogP contribution in [0, 0.1) is 0 Å². The Labute approximate surface area is 192 Å². The number of nitrogens with zero attached hydrogens (tertiary/aromatic N) is 1. The van der Waals surface area contributed by atoms with Gasteiger partial charge in [0.1, 0.15) is 12.4 Å². The van der Waals surface area contributed by atoms with Crippen molar-refractivity contribution in [1.29, 1.82) is 0 Å². The largest absolute Gasteiger partial charge is 0.493 e. The molecule has 0 fully saturated rings. The van der Waals surface area contributed by atoms with E-state index in [0.29, 0.717) is 41.0 Å². The Kier molecular flexibility index (Phi) is 8.52. The number of carbonyl (C=O) groups is 1. The quantitative estimate of drug-likeness (QED) is 0.326. The van der Waals surface area contributed by atoms with E-state index in [-0.39, 0.29) is 5.91 Å². The highest BCUT2D eigenvalue weighted by Gasteiger charge is 2.11. The molecular formula is C25H25ClN2O4. The van der Waals surface area contributed by atoms with Gasteiger partial charge in [-0.2, -0.15) is 5.10 Å². The highest BCUT2D eigenvalue weighted by Crippen LogP contribution is 2.28. The summed E-state index contributed by atoms with van der Waals surface area (Å²) >= 11 is 6.32. The van der Waals surface area contributed by atoms with Gasteiger partial charge in [-0.3, -0.25) is 4.79 Å². The molecule has 0 spiro atoms. The minimum absolute atomic E-state index is 0.365. The standard InChI is InChI=1S/C25H25ClN2O4/c1-3-13-31-23-12-10-20(15-24(23)30-2)25(29)28-27-16-19-9-11-22(21(26)14-19)32-17-18-7-5-4-6-8-18/h4-12,14-16H,3,13,17H2,1-2H3,(H,28,29)/b27-16+. The predicted octanol–water partition coefficient (Wildman–Crippen LogP) is 5.48. The first-order chi connectivity index (χ1) is 15.6. The number of hydrogen-bond acceptors (Lipinski definition) is 5. The molecule has 0 aliphatic rings. The summed E-state index contributed by atoms with van der Waals surface area (Å²) in [5.74, 6) is 1.30. The zero-order valence-electron chi connectivity index (χ0n) is 18.0. The number of nitrogens with one attached hydrogen (secondary N) is 1. The van der Waals surface area contributed by atoms with Gasteiger partial charge in [0.05, 0.1) is 25.0 Å². The average molecular weight is 453 g/mol. The third kappa shape index (κ3) is 6.49. The van der Waals surface area contributed by atoms with Crippen LogP contribution in [0.15, 0.2) is 71.8 Å². The van der Waals surface area contributed by atoms with Crippen LogP contribution in [0.3, 0.4) is 0 Å². The molecular weight excluding hydrogens is 428 g/mol. The van der Waals surface area contributed by atoms with E-state index in [0.717, 1.165) is 17.5 Å². The summed E-state index contributed by atoms with van der Waals surface area (Å²) in [7, 11) is 1.53. The van der Waals surface area contributed by atoms with Crippen molar-refractivity contribution in [2.24, 2.45) is 5.10 Å². The van der Waals surface area contributed by atoms with Gasteiger partial charge in [-0.15, -0.1) is 0 Å². The monoisotopic (exact) mass is 452 g/mol. The molecule has 0 saturated carbocycles. The Morgan fingerprint density at radius 1 is 1.00 bits per heavy atom. The topological polar surface area (TPSA) is 69.2 Å². The number of ether oxygens (including phenoxy) is 3. The molecule has 0 radical (unpaired) electrons. The van der Waals surface area contributed by atoms with E-state index < -0.39 is 0 Å². The number of halogens is 1. The lowest BCUT2D eigenvalue weighted by Gasteiger charge is -2.11. The Morgan fingerprint density at radius 2 is 1.78 bits per heavy atom. The molecule has 3 aromatic carbocycles. The van der Waals surface area contributed by atoms with Crippen LogP contribution in [0.25, 0.3) is 0 Å². The van der Waals surface area contributed by atoms with Crippen molar-refractivity contribution in [3.63, 3.8) is 0 Å². The highest BCUT2D eigenvalue weighted by molar-refractivity contribution is 6.32. The van der Waals surface area contributed by atoms with Crippen LogP contribution < -0.4 is 19.6 Å². The highest BCUT2D eigenvalue weighted by atomic mass is 35.5. The first kappa shape index (κ1) is 23.2. The van der Waals surface area contributed by atoms with Crippen LogP contribution in [-0.4, -0.2) is 25.8 Å². The summed E-state index contributed by atoms with van der Waals surface area (Å²) in [5, 5.41) is 4.48. The third-order valence-corrected chi connectivity index (χ3v) is 4.76. The summed E-state index contributed by atoms with van der Waals surface area (Å²) in [4.78, 5) is 12.4. The molecule has 0 aliphatic heterocycles. The molecule has 7 heteroatoms. The lowest BCUT2D eigenvalue weighted by atomic mass is 10.2. The fourth-order valence-corrected chi connectivity index (χ4v) is 3.06. The Morgan fingerprint density at radius 3 is 2.50 bits per heavy atom. The van der Waals surface area contributed by atoms with Crippen molar-refractivity contribution in [3.05, 3.63) is 88.4 Å². The van der Waals surface area contributed by atoms with Gasteiger partial charge in [0, 0.05) is 5.56 Å². The molecule has 3 rings (SSSR count). The lowest BCUT2D eigenvalue weighted by molar-refractivity contribution is 0.0954. The first-order valence-electron chi connectivity index (χ1n) is 10.2. The second-order valence-electron chi connectivity index (χ2n) is 6.88. The maximum atomic E-state index is 12.4. The van der Waals surface area contributed by atoms with Crippen molar-refractivity contribution in [3.8, 4) is 17.2 Å². The number of methoxy groups -OCH3 is 1. The fraction of sp³-hybridized carbons (Fsp3) is 0.200. The number of carbonyl (C=O) groups excluding carboxylic acids is 1. The summed E-state index contributed by atoms with van der Waals surface area (Å²) < 4.78 is 16.7. The minimum Gasteiger partial charge on any atom is -0.493 e. The van der Waals surface area contributed by atoms with E-state index in [9.17, 15) is 4.79 Å². The van der Waals surface area contributed by atoms with Crippen LogP contribution in [0.2, 0.25) is 5.02 Å². The van der Waals surface area contributed by atoms with Crippen LogP contribution in [-0.2, 0) is 6.61 Å². The van der Waals surface area contributed by atoms with Gasteiger partial charge in [-0.25, -0.2) is 5.43 Å². The van der Waals surface area contributed by atoms with Gasteiger partial charge in [0.15, 0.2) is 11.5 Å². The molecule has 32 heavy (non-hydrogen) atoms. The van der Waals surface area contributed by atoms with E-state index >= 15 is 0 Å². The van der Waals surface area contributed by atoms with E-state index in [1.54, 1.807) is 30.3 Å². The summed E-state index contributed by atoms with van der Waals surface area (Å²) in [6, 6.07) is 20.1. The second-order valence-corrected chi connectivity index (χ2v) is 7.28. The summed E-state index contributed by atoms with van der Waals surface area (Å²) in [5.41, 5.74) is 4.69. The maximum Gasteiger partial charge on any atom is 0.271 e. The van der Waals surface area contributed by atoms with Crippen molar-refractivity contribution in [2.45, 2.75) is 20.0 Å². The fourth-order valence-electron chi connectivity index (χ4n) is 2.82. The molecule has 0 aliphatic carbocycles. The van der Waals surface area contributed by atoms with Crippen molar-refractivity contribution in [2.75, 3.05) is 13.7 Å². The molecule has 3 aromatic rings. The van der Waals surface area contributed by atoms with Crippen LogP contribution >= 0.6 is 11.6 Å². The molecule has 0 atom stereocenters. The number of hydrazone groups is 1. The second kappa shape index (κ2) is 11.8. The Hall–Kier alpha value is -3.51. The van der Waals surface area contributed by atoms with Gasteiger partial charge >= 0.3 is 0 Å². The van der Waals surface area contributed by atoms with E-state index in [2.05, 4.69) is 10.5 Å². The summed E-state index contributed by atoms with van der Waals surface area (Å²) in [6.45, 7) is 3.02. The van der Waals surface area contributed by atoms with Gasteiger partial charge in [0.2, 0.25) is 0 Å². The van der Waals surface area contributed by atoms with Gasteiger partial charge < -0.3 is 14.2 Å². The van der Waals surface area contributed by atoms with E-state index in [1.807, 2.05) is 43.3 Å². The summed E-state index contributed by atoms with van der Waals surface area (Å²) in [6.07, 6.45) is 2.39. The van der Waals surface area contributed by atoms with Gasteiger partial charge in [-0.1, -0.05) is 48.9 Å². The van der Waals surface area contributed by atoms with Crippen molar-refractivity contribution >= 4 is 23.7 Å². The number of rotatable bonds is 10. The average Bonchev–Trinajstić information content (AvgIpc) is 2.82. The Balaban J connectivity index is 1.58. The van der Waals surface area contributed by atoms with Gasteiger partial charge in [-0.05, 0) is 53.9 Å². The number of amides is 1. The van der Waals surface area contributed by atoms with E-state index in [1.165, 1.54) is 13.3 Å². The lowest BCUT2D eigenvalue weighted by Crippen LogP contribution is -2.17. The van der Waals surface area contributed by atoms with Crippen molar-refractivity contribution in [1.82, 2.24) is 5.43 Å². The molecule has 0 bridgehead atoms. The van der Waals surface area contributed by atoms with Crippen molar-refractivity contribution < 1.29 is 19.0 Å². The molecule has 0 heterocycles. The Bertz CT molecular complexity index is 1070. The number of hydrogen-bond donors (Lipinski definition) is 1. The SMILES string of the molecule is CCCOc1ccc(C(=O)N/N=C/c2ccc(OCc3ccccc3)c(Cl)c2)cc1OC. The maximum absolute atomic E-state index is 12.4. The zero-order valence-corrected chi connectivity index (χ0v) is 18.8. The van der Waals surface area contributed by atoms with Crippen LogP contribution in [0.1, 0.15) is 34.8 Å². The third-order valence-electron chi connectivity index (χ3n) is 4.46. The molecule has 0 aromatic heterocycles. The minimum atomic E-state index is -0.365. The first-order valence-corrected chi connectivity index (χ1v) is 10.6. The molecule has 0 saturated heterocycles. The molecule has 1 N–H and O–H groups in total. The predicted molar refractivity (Wildman–Crippen MR) is 126 cm³/mol. The molecule has 0 unspecified atom stereocenters. The van der Waals surface area contributed by atoms with Crippen LogP contribution in [0.5, 0.6) is 17.2 Å². The normalized spacial score (nSPS) is 10.7.